The molecule has 6 heteroatoms. The fourth-order valence-electron chi connectivity index (χ4n) is 3.02. The minimum absolute atomic E-state index is 0.0336. The normalized spacial score (nSPS) is 14.5. The summed E-state index contributed by atoms with van der Waals surface area (Å²) in [6.07, 6.45) is 1.82. The van der Waals surface area contributed by atoms with Crippen LogP contribution in [0.4, 0.5) is 4.79 Å². The maximum Gasteiger partial charge on any atom is 0.334 e. The predicted molar refractivity (Wildman–Crippen MR) is 101 cm³/mol. The van der Waals surface area contributed by atoms with Gasteiger partial charge >= 0.3 is 6.03 Å². The Balaban J connectivity index is 1.96. The molecule has 2 aromatic carbocycles. The van der Waals surface area contributed by atoms with Gasteiger partial charge in [0.2, 0.25) is 0 Å². The van der Waals surface area contributed by atoms with Crippen LogP contribution in [-0.2, 0) is 16.6 Å². The molecule has 2 amide bonds. The molecule has 1 heterocycles. The molecule has 0 unspecified atom stereocenters. The average molecular weight is 372 g/mol. The van der Waals surface area contributed by atoms with Crippen molar-refractivity contribution in [2.24, 2.45) is 0 Å². The molecule has 1 aliphatic heterocycles. The van der Waals surface area contributed by atoms with Crippen molar-refractivity contribution in [3.8, 4) is 0 Å². The standard InChI is InChI=1S/C20H24N2O3S/c1-16-5-9-18(10-6-16)15-22(20(23)21-13-3-4-14-21)26(24,25)19-11-7-17(2)8-12-19/h5-12H,3-4,13-15H2,1-2H3. The van der Waals surface area contributed by atoms with Crippen molar-refractivity contribution < 1.29 is 13.2 Å². The average Bonchev–Trinajstić information content (AvgIpc) is 3.15. The second kappa shape index (κ2) is 7.50. The Bertz CT molecular complexity index is 868. The Kier molecular flexibility index (Phi) is 5.32. The Hall–Kier alpha value is -2.34. The lowest BCUT2D eigenvalue weighted by atomic mass is 10.1. The monoisotopic (exact) mass is 372 g/mol. The van der Waals surface area contributed by atoms with E-state index in [-0.39, 0.29) is 11.4 Å². The van der Waals surface area contributed by atoms with E-state index in [9.17, 15) is 13.2 Å². The van der Waals surface area contributed by atoms with Crippen LogP contribution in [0.25, 0.3) is 0 Å². The molecule has 2 aromatic rings. The molecule has 138 valence electrons. The smallest absolute Gasteiger partial charge is 0.324 e. The molecule has 0 spiro atoms. The van der Waals surface area contributed by atoms with Crippen LogP contribution in [-0.4, -0.2) is 36.7 Å². The maximum atomic E-state index is 13.2. The first kappa shape index (κ1) is 18.5. The summed E-state index contributed by atoms with van der Waals surface area (Å²) >= 11 is 0. The highest BCUT2D eigenvalue weighted by Gasteiger charge is 2.33. The van der Waals surface area contributed by atoms with Gasteiger partial charge in [0.1, 0.15) is 0 Å². The van der Waals surface area contributed by atoms with E-state index >= 15 is 0 Å². The van der Waals surface area contributed by atoms with Crippen molar-refractivity contribution >= 4 is 16.1 Å². The van der Waals surface area contributed by atoms with E-state index < -0.39 is 16.1 Å². The number of benzene rings is 2. The summed E-state index contributed by atoms with van der Waals surface area (Å²) in [6.45, 7) is 5.11. The van der Waals surface area contributed by atoms with Crippen LogP contribution >= 0.6 is 0 Å². The largest absolute Gasteiger partial charge is 0.334 e. The zero-order valence-electron chi connectivity index (χ0n) is 15.2. The highest BCUT2D eigenvalue weighted by molar-refractivity contribution is 7.89. The molecule has 1 aliphatic rings. The second-order valence-electron chi connectivity index (χ2n) is 6.79. The summed E-state index contributed by atoms with van der Waals surface area (Å²) in [5, 5.41) is 0. The van der Waals surface area contributed by atoms with Gasteiger partial charge in [0.05, 0.1) is 11.4 Å². The molecule has 0 radical (unpaired) electrons. The summed E-state index contributed by atoms with van der Waals surface area (Å²) < 4.78 is 27.4. The predicted octanol–water partition coefficient (Wildman–Crippen LogP) is 3.71. The number of nitrogens with zero attached hydrogens (tertiary/aromatic N) is 2. The number of carbonyl (C=O) groups excluding carboxylic acids is 1. The van der Waals surface area contributed by atoms with Crippen LogP contribution in [0.15, 0.2) is 53.4 Å². The first-order chi connectivity index (χ1) is 12.4. The summed E-state index contributed by atoms with van der Waals surface area (Å²) in [6, 6.07) is 13.7. The van der Waals surface area contributed by atoms with E-state index in [0.717, 1.165) is 33.8 Å². The first-order valence-electron chi connectivity index (χ1n) is 8.82. The summed E-state index contributed by atoms with van der Waals surface area (Å²) in [4.78, 5) is 14.7. The van der Waals surface area contributed by atoms with Gasteiger partial charge in [0, 0.05) is 13.1 Å². The van der Waals surface area contributed by atoms with Gasteiger partial charge in [-0.2, -0.15) is 0 Å². The van der Waals surface area contributed by atoms with Gasteiger partial charge in [0.25, 0.3) is 10.0 Å². The zero-order chi connectivity index (χ0) is 18.7. The topological polar surface area (TPSA) is 57.7 Å². The molecule has 0 bridgehead atoms. The Labute approximate surface area is 155 Å². The van der Waals surface area contributed by atoms with E-state index in [1.807, 2.05) is 38.1 Å². The third kappa shape index (κ3) is 3.90. The van der Waals surface area contributed by atoms with Crippen molar-refractivity contribution in [1.29, 1.82) is 0 Å². The van der Waals surface area contributed by atoms with Crippen LogP contribution in [0.1, 0.15) is 29.5 Å². The SMILES string of the molecule is Cc1ccc(CN(C(=O)N2CCCC2)S(=O)(=O)c2ccc(C)cc2)cc1. The second-order valence-corrected chi connectivity index (χ2v) is 8.65. The fourth-order valence-corrected chi connectivity index (χ4v) is 4.39. The molecule has 0 saturated carbocycles. The molecule has 3 rings (SSSR count). The lowest BCUT2D eigenvalue weighted by molar-refractivity contribution is 0.187. The number of carbonyl (C=O) groups is 1. The summed E-state index contributed by atoms with van der Waals surface area (Å²) in [5.41, 5.74) is 2.85. The number of hydrogen-bond donors (Lipinski definition) is 0. The van der Waals surface area contributed by atoms with E-state index in [0.29, 0.717) is 13.1 Å². The van der Waals surface area contributed by atoms with Crippen LogP contribution in [0.2, 0.25) is 0 Å². The molecule has 0 N–H and O–H groups in total. The van der Waals surface area contributed by atoms with Gasteiger partial charge in [-0.25, -0.2) is 17.5 Å². The van der Waals surface area contributed by atoms with Gasteiger partial charge < -0.3 is 4.90 Å². The van der Waals surface area contributed by atoms with Gasteiger partial charge in [0.15, 0.2) is 0 Å². The molecular formula is C20H24N2O3S. The van der Waals surface area contributed by atoms with Crippen LogP contribution in [0.3, 0.4) is 0 Å². The number of rotatable bonds is 4. The van der Waals surface area contributed by atoms with Gasteiger partial charge in [-0.3, -0.25) is 0 Å². The van der Waals surface area contributed by atoms with E-state index in [1.54, 1.807) is 29.2 Å². The van der Waals surface area contributed by atoms with Gasteiger partial charge in [-0.1, -0.05) is 47.5 Å². The van der Waals surface area contributed by atoms with Crippen molar-refractivity contribution in [1.82, 2.24) is 9.21 Å². The molecule has 5 nitrogen and oxygen atoms in total. The highest BCUT2D eigenvalue weighted by atomic mass is 32.2. The summed E-state index contributed by atoms with van der Waals surface area (Å²) in [5.74, 6) is 0. The lowest BCUT2D eigenvalue weighted by Gasteiger charge is -2.27. The minimum Gasteiger partial charge on any atom is -0.324 e. The van der Waals surface area contributed by atoms with Crippen LogP contribution in [0, 0.1) is 13.8 Å². The molecule has 0 aliphatic carbocycles. The lowest BCUT2D eigenvalue weighted by Crippen LogP contribution is -2.44. The third-order valence-electron chi connectivity index (χ3n) is 4.65. The Morgan fingerprint density at radius 3 is 1.96 bits per heavy atom. The molecular weight excluding hydrogens is 348 g/mol. The summed E-state index contributed by atoms with van der Waals surface area (Å²) in [7, 11) is -3.92. The number of amides is 2. The van der Waals surface area contributed by atoms with E-state index in [1.165, 1.54) is 0 Å². The molecule has 26 heavy (non-hydrogen) atoms. The zero-order valence-corrected chi connectivity index (χ0v) is 16.0. The van der Waals surface area contributed by atoms with E-state index in [4.69, 9.17) is 0 Å². The molecule has 0 atom stereocenters. The Morgan fingerprint density at radius 1 is 0.923 bits per heavy atom. The van der Waals surface area contributed by atoms with E-state index in [2.05, 4.69) is 0 Å². The minimum atomic E-state index is -3.92. The van der Waals surface area contributed by atoms with Crippen molar-refractivity contribution in [2.45, 2.75) is 38.1 Å². The Morgan fingerprint density at radius 2 is 1.42 bits per heavy atom. The number of urea groups is 1. The van der Waals surface area contributed by atoms with Gasteiger partial charge in [-0.15, -0.1) is 0 Å². The number of aryl methyl sites for hydroxylation is 2. The third-order valence-corrected chi connectivity index (χ3v) is 6.38. The first-order valence-corrected chi connectivity index (χ1v) is 10.3. The van der Waals surface area contributed by atoms with Gasteiger partial charge in [-0.05, 0) is 44.4 Å². The quantitative estimate of drug-likeness (QED) is 0.822. The number of likely N-dealkylation sites (tertiary alicyclic amines) is 1. The fraction of sp³-hybridized carbons (Fsp3) is 0.350. The molecule has 1 saturated heterocycles. The number of hydrogen-bond acceptors (Lipinski definition) is 3. The highest BCUT2D eigenvalue weighted by Crippen LogP contribution is 2.22. The molecule has 0 aromatic heterocycles. The van der Waals surface area contributed by atoms with Crippen LogP contribution in [0.5, 0.6) is 0 Å². The molecule has 1 fully saturated rings. The van der Waals surface area contributed by atoms with Crippen LogP contribution < -0.4 is 0 Å². The van der Waals surface area contributed by atoms with Crippen molar-refractivity contribution in [3.63, 3.8) is 0 Å². The number of sulfonamides is 1. The van der Waals surface area contributed by atoms with Crippen molar-refractivity contribution in [2.75, 3.05) is 13.1 Å². The van der Waals surface area contributed by atoms with Crippen molar-refractivity contribution in [3.05, 3.63) is 65.2 Å². The maximum absolute atomic E-state index is 13.2.